The molecule has 0 N–H and O–H groups in total. The highest BCUT2D eigenvalue weighted by Gasteiger charge is 2.38. The number of carbonyl (C=O) groups is 2. The molecule has 34 heavy (non-hydrogen) atoms. The van der Waals surface area contributed by atoms with E-state index in [1.54, 1.807) is 30.3 Å². The van der Waals surface area contributed by atoms with Gasteiger partial charge in [0.25, 0.3) is 0 Å². The predicted molar refractivity (Wildman–Crippen MR) is 141 cm³/mol. The molecule has 3 nitrogen and oxygen atoms in total. The fraction of sp³-hybridized carbons (Fsp3) is 0.0667. The number of para-hydroxylation sites is 2. The molecule has 0 unspecified atom stereocenters. The van der Waals surface area contributed by atoms with E-state index in [2.05, 4.69) is 78.7 Å². The first-order chi connectivity index (χ1) is 16.5. The molecule has 4 heteroatoms. The van der Waals surface area contributed by atoms with E-state index < -0.39 is 8.07 Å². The Kier molecular flexibility index (Phi) is 4.54. The minimum Gasteiger partial charge on any atom is -0.311 e. The summed E-state index contributed by atoms with van der Waals surface area (Å²) in [6.45, 7) is 4.82. The van der Waals surface area contributed by atoms with Crippen LogP contribution in [0.15, 0.2) is 103 Å². The van der Waals surface area contributed by atoms with Gasteiger partial charge >= 0.3 is 0 Å². The zero-order valence-electron chi connectivity index (χ0n) is 19.1. The van der Waals surface area contributed by atoms with Gasteiger partial charge in [-0.05, 0) is 46.3 Å². The van der Waals surface area contributed by atoms with Gasteiger partial charge in [0.15, 0.2) is 11.6 Å². The second-order valence-corrected chi connectivity index (χ2v) is 13.7. The summed E-state index contributed by atoms with van der Waals surface area (Å²) in [5.41, 5.74) is 5.55. The third kappa shape index (κ3) is 2.96. The average molecular weight is 458 g/mol. The summed E-state index contributed by atoms with van der Waals surface area (Å²) >= 11 is 0. The van der Waals surface area contributed by atoms with Gasteiger partial charge in [-0.1, -0.05) is 85.9 Å². The van der Waals surface area contributed by atoms with E-state index in [1.807, 2.05) is 12.1 Å². The Bertz CT molecular complexity index is 1430. The van der Waals surface area contributed by atoms with Crippen LogP contribution in [-0.4, -0.2) is 19.6 Å². The van der Waals surface area contributed by atoms with Gasteiger partial charge in [-0.25, -0.2) is 0 Å². The van der Waals surface area contributed by atoms with Gasteiger partial charge in [-0.3, -0.25) is 9.59 Å². The number of nitrogens with zero attached hydrogens (tertiary/aromatic N) is 1. The van der Waals surface area contributed by atoms with Crippen LogP contribution in [-0.2, 0) is 0 Å². The molecule has 4 aromatic carbocycles. The second kappa shape index (κ2) is 7.50. The minimum absolute atomic E-state index is 0.198. The minimum atomic E-state index is -1.81. The smallest absolute Gasteiger partial charge is 0.197 e. The number of fused-ring (bicyclic) bond motifs is 3. The topological polar surface area (TPSA) is 37.4 Å². The quantitative estimate of drug-likeness (QED) is 0.218. The Morgan fingerprint density at radius 3 is 1.62 bits per heavy atom. The van der Waals surface area contributed by atoms with Crippen molar-refractivity contribution in [2.75, 3.05) is 4.90 Å². The maximum atomic E-state index is 12.8. The van der Waals surface area contributed by atoms with Crippen molar-refractivity contribution in [2.24, 2.45) is 0 Å². The lowest BCUT2D eigenvalue weighted by Gasteiger charge is -2.41. The number of hydrogen-bond acceptors (Lipinski definition) is 3. The van der Waals surface area contributed by atoms with Crippen molar-refractivity contribution in [2.45, 2.75) is 13.1 Å². The summed E-state index contributed by atoms with van der Waals surface area (Å²) in [4.78, 5) is 27.9. The van der Waals surface area contributed by atoms with Gasteiger partial charge in [-0.2, -0.15) is 0 Å². The third-order valence-electron chi connectivity index (χ3n) is 7.00. The molecule has 0 spiro atoms. The Labute approximate surface area is 200 Å². The van der Waals surface area contributed by atoms with E-state index in [0.29, 0.717) is 11.1 Å². The first kappa shape index (κ1) is 20.6. The number of anilines is 3. The number of allylic oxidation sites excluding steroid dienone is 1. The SMILES string of the molecule is C[Si]1(C)c2ccccc2N(c2ccc(C=C3C(=O)c4ccccc4C3=O)cc2)c2ccccc21. The third-order valence-corrected chi connectivity index (χ3v) is 10.5. The molecule has 1 aliphatic heterocycles. The molecule has 1 aliphatic carbocycles. The summed E-state index contributed by atoms with van der Waals surface area (Å²) in [7, 11) is -1.81. The van der Waals surface area contributed by atoms with Crippen LogP contribution in [0.1, 0.15) is 26.3 Å². The summed E-state index contributed by atoms with van der Waals surface area (Å²) < 4.78 is 0. The highest BCUT2D eigenvalue weighted by Crippen LogP contribution is 2.38. The van der Waals surface area contributed by atoms with E-state index in [-0.39, 0.29) is 17.1 Å². The van der Waals surface area contributed by atoms with Crippen LogP contribution in [0.3, 0.4) is 0 Å². The molecule has 164 valence electrons. The van der Waals surface area contributed by atoms with E-state index >= 15 is 0 Å². The van der Waals surface area contributed by atoms with Crippen LogP contribution in [0.2, 0.25) is 13.1 Å². The van der Waals surface area contributed by atoms with Crippen molar-refractivity contribution in [1.29, 1.82) is 0 Å². The van der Waals surface area contributed by atoms with Crippen LogP contribution in [0.5, 0.6) is 0 Å². The number of hydrogen-bond donors (Lipinski definition) is 0. The monoisotopic (exact) mass is 457 g/mol. The van der Waals surface area contributed by atoms with Crippen molar-refractivity contribution >= 4 is 53.2 Å². The molecular weight excluding hydrogens is 434 g/mol. The lowest BCUT2D eigenvalue weighted by molar-refractivity contribution is 0.0990. The maximum absolute atomic E-state index is 12.8. The molecule has 0 saturated carbocycles. The van der Waals surface area contributed by atoms with Crippen molar-refractivity contribution in [3.8, 4) is 0 Å². The van der Waals surface area contributed by atoms with E-state index in [1.165, 1.54) is 21.7 Å². The number of carbonyl (C=O) groups excluding carboxylic acids is 2. The summed E-state index contributed by atoms with van der Waals surface area (Å²) in [5.74, 6) is -0.397. The Morgan fingerprint density at radius 1 is 0.618 bits per heavy atom. The zero-order chi connectivity index (χ0) is 23.4. The second-order valence-electron chi connectivity index (χ2n) is 9.35. The Morgan fingerprint density at radius 2 is 1.09 bits per heavy atom. The molecule has 0 radical (unpaired) electrons. The number of Topliss-reactive ketones (excluding diaryl/α,β-unsaturated/α-hetero) is 2. The van der Waals surface area contributed by atoms with Gasteiger partial charge in [0.1, 0.15) is 8.07 Å². The fourth-order valence-electron chi connectivity index (χ4n) is 5.24. The Balaban J connectivity index is 1.41. The zero-order valence-corrected chi connectivity index (χ0v) is 20.1. The van der Waals surface area contributed by atoms with Crippen molar-refractivity contribution in [1.82, 2.24) is 0 Å². The average Bonchev–Trinajstić information content (AvgIpc) is 3.10. The molecule has 0 aromatic heterocycles. The van der Waals surface area contributed by atoms with Crippen LogP contribution in [0.4, 0.5) is 17.1 Å². The number of ketones is 2. The van der Waals surface area contributed by atoms with Crippen molar-refractivity contribution in [3.63, 3.8) is 0 Å². The molecule has 0 amide bonds. The molecule has 1 heterocycles. The fourth-order valence-corrected chi connectivity index (χ4v) is 8.22. The standard InChI is InChI=1S/C30H23NO2Si/c1-34(2)27-13-7-5-11-25(27)31(26-12-6-8-14-28(26)34)21-17-15-20(16-18-21)19-24-29(32)22-9-3-4-10-23(22)30(24)33/h3-19H,1-2H3. The predicted octanol–water partition coefficient (Wildman–Crippen LogP) is 5.76. The van der Waals surface area contributed by atoms with Crippen molar-refractivity contribution in [3.05, 3.63) is 119 Å². The number of benzene rings is 4. The molecule has 0 saturated heterocycles. The summed E-state index contributed by atoms with van der Waals surface area (Å²) in [6, 6.07) is 32.5. The normalized spacial score (nSPS) is 15.6. The summed E-state index contributed by atoms with van der Waals surface area (Å²) in [6.07, 6.45) is 1.71. The van der Waals surface area contributed by atoms with Gasteiger partial charge in [-0.15, -0.1) is 0 Å². The molecule has 4 aromatic rings. The largest absolute Gasteiger partial charge is 0.311 e. The highest BCUT2D eigenvalue weighted by atomic mass is 28.3. The Hall–Kier alpha value is -4.02. The van der Waals surface area contributed by atoms with Crippen LogP contribution in [0, 0.1) is 0 Å². The number of rotatable bonds is 2. The van der Waals surface area contributed by atoms with Crippen LogP contribution in [0.25, 0.3) is 6.08 Å². The molecule has 0 bridgehead atoms. The molecular formula is C30H23NO2Si. The first-order valence-corrected chi connectivity index (χ1v) is 14.5. The molecule has 2 aliphatic rings. The van der Waals surface area contributed by atoms with Gasteiger partial charge < -0.3 is 4.90 Å². The molecule has 0 fully saturated rings. The lowest BCUT2D eigenvalue weighted by Crippen LogP contribution is -2.58. The first-order valence-electron chi connectivity index (χ1n) is 11.5. The molecule has 0 atom stereocenters. The van der Waals surface area contributed by atoms with Crippen LogP contribution >= 0.6 is 0 Å². The van der Waals surface area contributed by atoms with Crippen molar-refractivity contribution < 1.29 is 9.59 Å². The maximum Gasteiger partial charge on any atom is 0.197 e. The van der Waals surface area contributed by atoms with E-state index in [9.17, 15) is 9.59 Å². The van der Waals surface area contributed by atoms with Gasteiger partial charge in [0.05, 0.1) is 5.57 Å². The van der Waals surface area contributed by atoms with Gasteiger partial charge in [0, 0.05) is 28.2 Å². The van der Waals surface area contributed by atoms with Gasteiger partial charge in [0.2, 0.25) is 0 Å². The highest BCUT2D eigenvalue weighted by molar-refractivity contribution is 7.02. The lowest BCUT2D eigenvalue weighted by atomic mass is 10.1. The molecule has 6 rings (SSSR count). The summed E-state index contributed by atoms with van der Waals surface area (Å²) in [5, 5.41) is 2.83. The van der Waals surface area contributed by atoms with E-state index in [0.717, 1.165) is 11.3 Å². The van der Waals surface area contributed by atoms with Crippen LogP contribution < -0.4 is 15.3 Å². The van der Waals surface area contributed by atoms with E-state index in [4.69, 9.17) is 0 Å².